The molecule has 0 unspecified atom stereocenters. The van der Waals surface area contributed by atoms with Crippen LogP contribution < -0.4 is 0 Å². The van der Waals surface area contributed by atoms with Gasteiger partial charge in [-0.2, -0.15) is 12.6 Å². The molecule has 0 saturated heterocycles. The van der Waals surface area contributed by atoms with Crippen LogP contribution in [-0.4, -0.2) is 106 Å². The quantitative estimate of drug-likeness (QED) is 0.0277. The molecule has 0 amide bonds. The molecule has 0 aliphatic heterocycles. The minimum absolute atomic E-state index is 0.0370. The number of thiol groups is 1. The van der Waals surface area contributed by atoms with Crippen LogP contribution in [0.25, 0.3) is 0 Å². The first-order valence-corrected chi connectivity index (χ1v) is 22.9. The fourth-order valence-corrected chi connectivity index (χ4v) is 5.58. The first-order valence-electron chi connectivity index (χ1n) is 22.3. The molecule has 0 aliphatic carbocycles. The fourth-order valence-electron chi connectivity index (χ4n) is 5.40. The van der Waals surface area contributed by atoms with Crippen LogP contribution in [-0.2, 0) is 76.3 Å². The number of rotatable bonds is 40. The van der Waals surface area contributed by atoms with E-state index in [-0.39, 0.29) is 82.4 Å². The van der Waals surface area contributed by atoms with Gasteiger partial charge in [0.05, 0.1) is 32.8 Å². The van der Waals surface area contributed by atoms with Crippen molar-refractivity contribution in [3.8, 4) is 0 Å². The predicted octanol–water partition coefficient (Wildman–Crippen LogP) is 7.28. The molecular weight excluding hydrogens is 817 g/mol. The molecule has 0 bridgehead atoms. The van der Waals surface area contributed by atoms with Gasteiger partial charge in [0.15, 0.2) is 0 Å². The van der Waals surface area contributed by atoms with Crippen LogP contribution in [0.1, 0.15) is 168 Å². The number of hydrogen-bond acceptors (Lipinski definition) is 17. The summed E-state index contributed by atoms with van der Waals surface area (Å²) in [5.74, 6) is -3.01. The zero-order valence-electron chi connectivity index (χ0n) is 37.1. The molecule has 61 heavy (non-hydrogen) atoms. The Morgan fingerprint density at radius 2 is 0.541 bits per heavy atom. The van der Waals surface area contributed by atoms with E-state index in [4.69, 9.17) is 37.9 Å². The molecule has 17 heteroatoms. The lowest BCUT2D eigenvalue weighted by atomic mass is 9.92. The molecule has 0 saturated carbocycles. The number of esters is 8. The van der Waals surface area contributed by atoms with E-state index in [0.717, 1.165) is 0 Å². The summed E-state index contributed by atoms with van der Waals surface area (Å²) in [7, 11) is 0. The van der Waals surface area contributed by atoms with Crippen LogP contribution in [0.5, 0.6) is 0 Å². The highest BCUT2D eigenvalue weighted by molar-refractivity contribution is 7.80. The van der Waals surface area contributed by atoms with Gasteiger partial charge in [-0.25, -0.2) is 0 Å². The van der Waals surface area contributed by atoms with Crippen molar-refractivity contribution in [3.63, 3.8) is 0 Å². The molecule has 0 aromatic rings. The van der Waals surface area contributed by atoms with Crippen molar-refractivity contribution in [2.45, 2.75) is 168 Å². The summed E-state index contributed by atoms with van der Waals surface area (Å²) >= 11 is 4.01. The molecule has 0 radical (unpaired) electrons. The first-order chi connectivity index (χ1) is 29.4. The monoisotopic (exact) mass is 890 g/mol. The van der Waals surface area contributed by atoms with E-state index in [0.29, 0.717) is 121 Å². The molecule has 0 aliphatic rings. The fraction of sp³-hybridized carbons (Fsp3) is 0.818. The van der Waals surface area contributed by atoms with Gasteiger partial charge < -0.3 is 37.9 Å². The van der Waals surface area contributed by atoms with E-state index in [1.807, 2.05) is 20.8 Å². The average molecular weight is 891 g/mol. The highest BCUT2D eigenvalue weighted by Crippen LogP contribution is 2.23. The summed E-state index contributed by atoms with van der Waals surface area (Å²) in [6.45, 7) is 5.07. The van der Waals surface area contributed by atoms with Crippen LogP contribution >= 0.6 is 12.6 Å². The Labute approximate surface area is 368 Å². The van der Waals surface area contributed by atoms with Gasteiger partial charge in [0, 0.05) is 50.7 Å². The summed E-state index contributed by atoms with van der Waals surface area (Å²) in [5.41, 5.74) is -1.44. The molecule has 16 nitrogen and oxygen atoms in total. The standard InChI is InChI=1S/C44H74O16S/c1-4-19-36(45)53-27-15-7-11-22-39(48)57-32-44(33-58-40(49)23-12-8-16-28-54-37(46)20-5-2,34-59-41(50)24-13-9-17-29-55-38(47)21-6-3)35-60-42(51)25-14-10-18-30-56-43(52)26-31-61/h61H,4-35H2,1-3H3. The summed E-state index contributed by atoms with van der Waals surface area (Å²) in [6, 6.07) is 0. The number of ether oxygens (including phenoxy) is 8. The smallest absolute Gasteiger partial charge is 0.306 e. The Hall–Kier alpha value is -3.89. The van der Waals surface area contributed by atoms with Crippen molar-refractivity contribution in [2.24, 2.45) is 5.41 Å². The molecule has 0 aromatic carbocycles. The highest BCUT2D eigenvalue weighted by Gasteiger charge is 2.38. The minimum atomic E-state index is -1.44. The molecule has 0 atom stereocenters. The van der Waals surface area contributed by atoms with Gasteiger partial charge in [-0.05, 0) is 96.3 Å². The summed E-state index contributed by atoms with van der Waals surface area (Å²) < 4.78 is 43.2. The van der Waals surface area contributed by atoms with E-state index in [2.05, 4.69) is 12.6 Å². The van der Waals surface area contributed by atoms with Crippen LogP contribution in [0.2, 0.25) is 0 Å². The molecule has 0 N–H and O–H groups in total. The lowest BCUT2D eigenvalue weighted by Crippen LogP contribution is -2.44. The normalized spacial score (nSPS) is 11.0. The maximum Gasteiger partial charge on any atom is 0.306 e. The third-order valence-corrected chi connectivity index (χ3v) is 9.21. The zero-order chi connectivity index (χ0) is 45.4. The van der Waals surface area contributed by atoms with Crippen molar-refractivity contribution < 1.29 is 76.3 Å². The van der Waals surface area contributed by atoms with Crippen LogP contribution in [0.3, 0.4) is 0 Å². The maximum atomic E-state index is 12.9. The Morgan fingerprint density at radius 1 is 0.311 bits per heavy atom. The lowest BCUT2D eigenvalue weighted by Gasteiger charge is -2.31. The number of unbranched alkanes of at least 4 members (excludes halogenated alkanes) is 8. The van der Waals surface area contributed by atoms with Gasteiger partial charge in [0.2, 0.25) is 0 Å². The largest absolute Gasteiger partial charge is 0.466 e. The number of carbonyl (C=O) groups is 8. The SMILES string of the molecule is CCCC(=O)OCCCCCC(=O)OCC(COC(=O)CCCCCOC(=O)CCC)(COC(=O)CCCCCOC(=O)CCC)COC(=O)CCCCCOC(=O)CCS. The lowest BCUT2D eigenvalue weighted by molar-refractivity contribution is -0.171. The zero-order valence-corrected chi connectivity index (χ0v) is 38.0. The number of carbonyl (C=O) groups excluding carboxylic acids is 8. The van der Waals surface area contributed by atoms with E-state index < -0.39 is 55.7 Å². The molecule has 0 heterocycles. The summed E-state index contributed by atoms with van der Waals surface area (Å²) in [4.78, 5) is 98.0. The average Bonchev–Trinajstić information content (AvgIpc) is 3.22. The molecule has 0 fully saturated rings. The van der Waals surface area contributed by atoms with E-state index in [9.17, 15) is 38.4 Å². The highest BCUT2D eigenvalue weighted by atomic mass is 32.1. The number of hydrogen-bond donors (Lipinski definition) is 1. The maximum absolute atomic E-state index is 12.9. The molecule has 0 rings (SSSR count). The van der Waals surface area contributed by atoms with Crippen LogP contribution in [0, 0.1) is 5.41 Å². The molecular formula is C44H74O16S. The molecule has 0 aromatic heterocycles. The van der Waals surface area contributed by atoms with Gasteiger partial charge in [-0.15, -0.1) is 0 Å². The van der Waals surface area contributed by atoms with Gasteiger partial charge in [0.1, 0.15) is 31.8 Å². The van der Waals surface area contributed by atoms with Crippen molar-refractivity contribution in [3.05, 3.63) is 0 Å². The Morgan fingerprint density at radius 3 is 0.770 bits per heavy atom. The third-order valence-electron chi connectivity index (χ3n) is 8.99. The van der Waals surface area contributed by atoms with Gasteiger partial charge >= 0.3 is 47.8 Å². The molecule has 352 valence electrons. The van der Waals surface area contributed by atoms with Crippen LogP contribution in [0.15, 0.2) is 0 Å². The van der Waals surface area contributed by atoms with Gasteiger partial charge in [-0.1, -0.05) is 20.8 Å². The van der Waals surface area contributed by atoms with Gasteiger partial charge in [0.25, 0.3) is 0 Å². The van der Waals surface area contributed by atoms with Crippen molar-refractivity contribution in [1.29, 1.82) is 0 Å². The van der Waals surface area contributed by atoms with E-state index in [1.165, 1.54) is 0 Å². The van der Waals surface area contributed by atoms with Crippen molar-refractivity contribution in [2.75, 3.05) is 58.6 Å². The third kappa shape index (κ3) is 35.4. The second-order valence-electron chi connectivity index (χ2n) is 15.0. The predicted molar refractivity (Wildman–Crippen MR) is 227 cm³/mol. The topological polar surface area (TPSA) is 210 Å². The second-order valence-corrected chi connectivity index (χ2v) is 15.4. The van der Waals surface area contributed by atoms with Gasteiger partial charge in [-0.3, -0.25) is 38.4 Å². The second kappa shape index (κ2) is 39.0. The minimum Gasteiger partial charge on any atom is -0.466 e. The Bertz CT molecular complexity index is 1070. The van der Waals surface area contributed by atoms with E-state index >= 15 is 0 Å². The molecule has 0 spiro atoms. The van der Waals surface area contributed by atoms with E-state index in [1.54, 1.807) is 0 Å². The van der Waals surface area contributed by atoms with Crippen LogP contribution in [0.4, 0.5) is 0 Å². The Kier molecular flexibility index (Phi) is 36.5. The van der Waals surface area contributed by atoms with Crippen molar-refractivity contribution >= 4 is 60.4 Å². The summed E-state index contributed by atoms with van der Waals surface area (Å²) in [5, 5.41) is 0. The summed E-state index contributed by atoms with van der Waals surface area (Å²) in [6.07, 6.45) is 10.0. The first kappa shape index (κ1) is 57.1. The Balaban J connectivity index is 5.62. The van der Waals surface area contributed by atoms with Crippen molar-refractivity contribution in [1.82, 2.24) is 0 Å².